The van der Waals surface area contributed by atoms with Gasteiger partial charge in [0.1, 0.15) is 0 Å². The Morgan fingerprint density at radius 3 is 2.64 bits per heavy atom. The molecule has 1 amide bonds. The minimum Gasteiger partial charge on any atom is -0.345 e. The molecule has 2 heterocycles. The minimum atomic E-state index is -0.421. The van der Waals surface area contributed by atoms with Gasteiger partial charge in [-0.25, -0.2) is 0 Å². The molecule has 0 aliphatic carbocycles. The third kappa shape index (κ3) is 3.36. The fourth-order valence-electron chi connectivity index (χ4n) is 2.13. The van der Waals surface area contributed by atoms with Gasteiger partial charge in [0.25, 0.3) is 5.91 Å². The molecule has 2 rings (SSSR count). The molecule has 0 aromatic carbocycles. The Bertz CT molecular complexity index is 652. The van der Waals surface area contributed by atoms with Crippen LogP contribution in [-0.4, -0.2) is 23.0 Å². The Hall–Kier alpha value is -1.72. The van der Waals surface area contributed by atoms with Crippen molar-refractivity contribution in [2.45, 2.75) is 33.2 Å². The lowest BCUT2D eigenvalue weighted by Crippen LogP contribution is -2.55. The zero-order valence-electron chi connectivity index (χ0n) is 13.5. The molecule has 5 heteroatoms. The monoisotopic (exact) mass is 317 g/mol. The molecule has 1 atom stereocenters. The van der Waals surface area contributed by atoms with Crippen LogP contribution in [0.15, 0.2) is 29.0 Å². The first-order valence-corrected chi connectivity index (χ1v) is 8.34. The summed E-state index contributed by atoms with van der Waals surface area (Å²) in [7, 11) is 0. The zero-order chi connectivity index (χ0) is 16.3. The molecule has 22 heavy (non-hydrogen) atoms. The first-order valence-electron chi connectivity index (χ1n) is 7.40. The zero-order valence-corrected chi connectivity index (χ0v) is 14.3. The predicted molar refractivity (Wildman–Crippen MR) is 92.1 cm³/mol. The van der Waals surface area contributed by atoms with Crippen LogP contribution in [0.3, 0.4) is 0 Å². The second kappa shape index (κ2) is 6.58. The average molecular weight is 317 g/mol. The highest BCUT2D eigenvalue weighted by atomic mass is 32.1. The molecule has 0 bridgehead atoms. The van der Waals surface area contributed by atoms with Crippen molar-refractivity contribution in [3.05, 3.63) is 40.2 Å². The van der Waals surface area contributed by atoms with Gasteiger partial charge in [-0.05, 0) is 43.3 Å². The lowest BCUT2D eigenvalue weighted by Gasteiger charge is -2.33. The van der Waals surface area contributed by atoms with Gasteiger partial charge in [-0.1, -0.05) is 13.8 Å². The summed E-state index contributed by atoms with van der Waals surface area (Å²) in [6.45, 7) is 8.34. The SMILES string of the molecule is Cc1nc(-c2ccsc2)ccc1C(=O)NC(C)(CN)C(C)C. The van der Waals surface area contributed by atoms with E-state index in [1.54, 1.807) is 11.3 Å². The van der Waals surface area contributed by atoms with Crippen LogP contribution >= 0.6 is 11.3 Å². The van der Waals surface area contributed by atoms with Crippen LogP contribution in [0.5, 0.6) is 0 Å². The van der Waals surface area contributed by atoms with Crippen molar-refractivity contribution in [1.29, 1.82) is 0 Å². The molecule has 0 aliphatic heterocycles. The van der Waals surface area contributed by atoms with Crippen molar-refractivity contribution < 1.29 is 4.79 Å². The van der Waals surface area contributed by atoms with Crippen molar-refractivity contribution in [2.75, 3.05) is 6.54 Å². The van der Waals surface area contributed by atoms with E-state index in [9.17, 15) is 4.79 Å². The van der Waals surface area contributed by atoms with Gasteiger partial charge >= 0.3 is 0 Å². The molecule has 0 fully saturated rings. The van der Waals surface area contributed by atoms with Gasteiger partial charge in [-0.15, -0.1) is 0 Å². The van der Waals surface area contributed by atoms with Crippen LogP contribution in [-0.2, 0) is 0 Å². The first-order chi connectivity index (χ1) is 10.4. The largest absolute Gasteiger partial charge is 0.345 e. The molecule has 2 aromatic rings. The number of carbonyl (C=O) groups excluding carboxylic acids is 1. The van der Waals surface area contributed by atoms with E-state index in [0.29, 0.717) is 12.1 Å². The van der Waals surface area contributed by atoms with Crippen molar-refractivity contribution >= 4 is 17.2 Å². The quantitative estimate of drug-likeness (QED) is 0.889. The van der Waals surface area contributed by atoms with Crippen molar-refractivity contribution in [2.24, 2.45) is 11.7 Å². The molecule has 2 aromatic heterocycles. The number of nitrogens with zero attached hydrogens (tertiary/aromatic N) is 1. The molecule has 118 valence electrons. The lowest BCUT2D eigenvalue weighted by molar-refractivity contribution is 0.0882. The molecule has 0 saturated heterocycles. The van der Waals surface area contributed by atoms with Gasteiger partial charge in [0.2, 0.25) is 0 Å². The van der Waals surface area contributed by atoms with Crippen molar-refractivity contribution in [1.82, 2.24) is 10.3 Å². The number of nitrogens with one attached hydrogen (secondary N) is 1. The summed E-state index contributed by atoms with van der Waals surface area (Å²) < 4.78 is 0. The third-order valence-electron chi connectivity index (χ3n) is 4.24. The fourth-order valence-corrected chi connectivity index (χ4v) is 2.78. The van der Waals surface area contributed by atoms with Crippen LogP contribution in [0.2, 0.25) is 0 Å². The van der Waals surface area contributed by atoms with Gasteiger partial charge < -0.3 is 11.1 Å². The highest BCUT2D eigenvalue weighted by Crippen LogP contribution is 2.22. The summed E-state index contributed by atoms with van der Waals surface area (Å²) in [5, 5.41) is 7.12. The van der Waals surface area contributed by atoms with E-state index in [-0.39, 0.29) is 11.8 Å². The summed E-state index contributed by atoms with van der Waals surface area (Å²) in [6.07, 6.45) is 0. The maximum atomic E-state index is 12.5. The number of aryl methyl sites for hydroxylation is 1. The van der Waals surface area contributed by atoms with Crippen LogP contribution in [0.1, 0.15) is 36.8 Å². The second-order valence-corrected chi connectivity index (χ2v) is 6.85. The maximum absolute atomic E-state index is 12.5. The number of hydrogen-bond donors (Lipinski definition) is 2. The van der Waals surface area contributed by atoms with Crippen molar-refractivity contribution in [3.8, 4) is 11.3 Å². The highest BCUT2D eigenvalue weighted by Gasteiger charge is 2.29. The molecular weight excluding hydrogens is 294 g/mol. The second-order valence-electron chi connectivity index (χ2n) is 6.07. The molecule has 3 N–H and O–H groups in total. The smallest absolute Gasteiger partial charge is 0.253 e. The summed E-state index contributed by atoms with van der Waals surface area (Å²) >= 11 is 1.63. The predicted octanol–water partition coefficient (Wildman–Crippen LogP) is 3.22. The number of pyridine rings is 1. The third-order valence-corrected chi connectivity index (χ3v) is 4.93. The Balaban J connectivity index is 2.24. The highest BCUT2D eigenvalue weighted by molar-refractivity contribution is 7.08. The van der Waals surface area contributed by atoms with Gasteiger partial charge in [0.05, 0.1) is 22.5 Å². The average Bonchev–Trinajstić information content (AvgIpc) is 3.00. The normalized spacial score (nSPS) is 13.9. The van der Waals surface area contributed by atoms with Crippen LogP contribution in [0, 0.1) is 12.8 Å². The molecule has 0 radical (unpaired) electrons. The van der Waals surface area contributed by atoms with E-state index in [2.05, 4.69) is 24.1 Å². The van der Waals surface area contributed by atoms with Gasteiger partial charge in [-0.2, -0.15) is 11.3 Å². The summed E-state index contributed by atoms with van der Waals surface area (Å²) in [6, 6.07) is 5.75. The number of hydrogen-bond acceptors (Lipinski definition) is 4. The van der Waals surface area contributed by atoms with E-state index in [0.717, 1.165) is 17.0 Å². The van der Waals surface area contributed by atoms with E-state index in [4.69, 9.17) is 5.73 Å². The number of carbonyl (C=O) groups is 1. The number of amides is 1. The molecule has 0 saturated carbocycles. The Morgan fingerprint density at radius 2 is 2.14 bits per heavy atom. The van der Waals surface area contributed by atoms with E-state index in [1.807, 2.05) is 42.8 Å². The molecule has 4 nitrogen and oxygen atoms in total. The Kier molecular flexibility index (Phi) is 4.98. The lowest BCUT2D eigenvalue weighted by atomic mass is 9.88. The number of thiophene rings is 1. The Labute approximate surface area is 135 Å². The van der Waals surface area contributed by atoms with Gasteiger partial charge in [0, 0.05) is 17.5 Å². The summed E-state index contributed by atoms with van der Waals surface area (Å²) in [4.78, 5) is 17.1. The van der Waals surface area contributed by atoms with Crippen LogP contribution in [0.4, 0.5) is 0 Å². The molecular formula is C17H23N3OS. The standard InChI is InChI=1S/C17H23N3OS/c1-11(2)17(4,10-18)20-16(21)14-5-6-15(19-12(14)3)13-7-8-22-9-13/h5-9,11H,10,18H2,1-4H3,(H,20,21). The number of nitrogens with two attached hydrogens (primary N) is 1. The van der Waals surface area contributed by atoms with E-state index in [1.165, 1.54) is 0 Å². The fraction of sp³-hybridized carbons (Fsp3) is 0.412. The minimum absolute atomic E-state index is 0.122. The van der Waals surface area contributed by atoms with Crippen molar-refractivity contribution in [3.63, 3.8) is 0 Å². The molecule has 0 spiro atoms. The van der Waals surface area contributed by atoms with E-state index >= 15 is 0 Å². The van der Waals surface area contributed by atoms with Crippen LogP contribution in [0.25, 0.3) is 11.3 Å². The first kappa shape index (κ1) is 16.6. The molecule has 0 aliphatic rings. The van der Waals surface area contributed by atoms with Crippen LogP contribution < -0.4 is 11.1 Å². The Morgan fingerprint density at radius 1 is 1.41 bits per heavy atom. The number of rotatable bonds is 5. The van der Waals surface area contributed by atoms with Gasteiger partial charge in [0.15, 0.2) is 0 Å². The maximum Gasteiger partial charge on any atom is 0.253 e. The summed E-state index contributed by atoms with van der Waals surface area (Å²) in [5.41, 5.74) is 8.70. The number of aromatic nitrogens is 1. The van der Waals surface area contributed by atoms with E-state index < -0.39 is 5.54 Å². The molecule has 1 unspecified atom stereocenters. The topological polar surface area (TPSA) is 68.0 Å². The summed E-state index contributed by atoms with van der Waals surface area (Å²) in [5.74, 6) is 0.128. The van der Waals surface area contributed by atoms with Gasteiger partial charge in [-0.3, -0.25) is 9.78 Å².